The van der Waals surface area contributed by atoms with Crippen molar-refractivity contribution in [1.82, 2.24) is 0 Å². The van der Waals surface area contributed by atoms with E-state index < -0.39 is 0 Å². The van der Waals surface area contributed by atoms with Gasteiger partial charge in [0, 0.05) is 17.9 Å². The van der Waals surface area contributed by atoms with Gasteiger partial charge in [-0.15, -0.1) is 0 Å². The summed E-state index contributed by atoms with van der Waals surface area (Å²) in [5.74, 6) is 0. The van der Waals surface area contributed by atoms with Crippen LogP contribution in [0.25, 0.3) is 33.9 Å². The van der Waals surface area contributed by atoms with E-state index >= 15 is 0 Å². The lowest BCUT2D eigenvalue weighted by Gasteiger charge is -2.31. The van der Waals surface area contributed by atoms with Crippen LogP contribution < -0.4 is 4.90 Å². The third-order valence-electron chi connectivity index (χ3n) is 8.39. The molecule has 1 nitrogen and oxygen atoms in total. The van der Waals surface area contributed by atoms with Crippen LogP contribution in [0, 0.1) is 13.8 Å². The van der Waals surface area contributed by atoms with E-state index in [0.29, 0.717) is 0 Å². The molecule has 0 unspecified atom stereocenters. The fraction of sp³-hybridized carbons (Fsp3) is 0.122. The minimum Gasteiger partial charge on any atom is -0.337 e. The van der Waals surface area contributed by atoms with Crippen LogP contribution in [0.2, 0.25) is 0 Å². The van der Waals surface area contributed by atoms with E-state index in [-0.39, 0.29) is 0 Å². The molecule has 1 aliphatic carbocycles. The molecule has 0 aromatic heterocycles. The smallest absolute Gasteiger partial charge is 0.0455 e. The Kier molecular flexibility index (Phi) is 7.75. The van der Waals surface area contributed by atoms with Crippen molar-refractivity contribution in [2.24, 2.45) is 0 Å². The second kappa shape index (κ2) is 11.9. The highest BCUT2D eigenvalue weighted by atomic mass is 15.1. The molecule has 0 fully saturated rings. The largest absolute Gasteiger partial charge is 0.337 e. The van der Waals surface area contributed by atoms with Gasteiger partial charge in [-0.25, -0.2) is 0 Å². The topological polar surface area (TPSA) is 3.24 Å². The fourth-order valence-corrected chi connectivity index (χ4v) is 6.13. The first-order valence-electron chi connectivity index (χ1n) is 14.8. The SMILES string of the molecule is C=Cc1cc(N2C/C=C\C=C/C(=C)C3=C2C=C(c2ccccc2)CC3)ccc1-c1c(C)cccc1-c1ccc(C)cc1. The van der Waals surface area contributed by atoms with Gasteiger partial charge in [-0.2, -0.15) is 0 Å². The van der Waals surface area contributed by atoms with Gasteiger partial charge in [-0.3, -0.25) is 0 Å². The highest BCUT2D eigenvalue weighted by molar-refractivity contribution is 5.90. The summed E-state index contributed by atoms with van der Waals surface area (Å²) in [6.45, 7) is 13.8. The van der Waals surface area contributed by atoms with E-state index in [4.69, 9.17) is 0 Å². The van der Waals surface area contributed by atoms with Crippen LogP contribution in [-0.4, -0.2) is 6.54 Å². The molecule has 42 heavy (non-hydrogen) atoms. The predicted molar refractivity (Wildman–Crippen MR) is 182 cm³/mol. The Hall–Kier alpha value is -4.88. The molecular weight excluding hydrogens is 506 g/mol. The molecule has 0 bridgehead atoms. The van der Waals surface area contributed by atoms with E-state index in [1.807, 2.05) is 6.08 Å². The van der Waals surface area contributed by atoms with Gasteiger partial charge in [0.2, 0.25) is 0 Å². The lowest BCUT2D eigenvalue weighted by atomic mass is 9.87. The van der Waals surface area contributed by atoms with Crippen LogP contribution >= 0.6 is 0 Å². The average molecular weight is 544 g/mol. The molecule has 6 rings (SSSR count). The standard InChI is InChI=1S/C41H37N/c1-5-32-27-36(23-25-39(32)41-31(4)14-12-17-38(41)34-20-18-29(2)19-21-34)42-26-11-7-8-13-30(3)37-24-22-35(28-40(37)42)33-15-9-6-10-16-33/h5-21,23,25,27-28H,1,3,22,24,26H2,2,4H3/b11-7-,13-8-. The summed E-state index contributed by atoms with van der Waals surface area (Å²) in [6, 6.07) is 33.0. The molecule has 0 N–H and O–H groups in total. The summed E-state index contributed by atoms with van der Waals surface area (Å²) in [5, 5.41) is 0. The number of hydrogen-bond acceptors (Lipinski definition) is 1. The average Bonchev–Trinajstić information content (AvgIpc) is 3.10. The summed E-state index contributed by atoms with van der Waals surface area (Å²) in [6.07, 6.45) is 14.9. The molecule has 4 aromatic rings. The molecule has 2 aliphatic rings. The van der Waals surface area contributed by atoms with E-state index in [1.165, 1.54) is 55.8 Å². The van der Waals surface area contributed by atoms with Gasteiger partial charge < -0.3 is 4.90 Å². The van der Waals surface area contributed by atoms with Crippen LogP contribution in [0.5, 0.6) is 0 Å². The summed E-state index contributed by atoms with van der Waals surface area (Å²) in [7, 11) is 0. The summed E-state index contributed by atoms with van der Waals surface area (Å²) < 4.78 is 0. The molecule has 1 heterocycles. The molecule has 0 radical (unpaired) electrons. The Labute approximate surface area is 250 Å². The number of rotatable bonds is 5. The zero-order valence-electron chi connectivity index (χ0n) is 24.6. The maximum atomic E-state index is 4.46. The van der Waals surface area contributed by atoms with Crippen LogP contribution in [0.1, 0.15) is 35.1 Å². The van der Waals surface area contributed by atoms with Gasteiger partial charge >= 0.3 is 0 Å². The maximum Gasteiger partial charge on any atom is 0.0455 e. The number of anilines is 1. The van der Waals surface area contributed by atoms with Crippen LogP contribution in [0.15, 0.2) is 151 Å². The molecule has 4 aromatic carbocycles. The first kappa shape index (κ1) is 27.3. The Bertz CT molecular complexity index is 1770. The van der Waals surface area contributed by atoms with E-state index in [1.54, 1.807) is 0 Å². The maximum absolute atomic E-state index is 4.46. The molecule has 0 saturated carbocycles. The zero-order valence-corrected chi connectivity index (χ0v) is 24.6. The van der Waals surface area contributed by atoms with Crippen LogP contribution in [0.4, 0.5) is 5.69 Å². The van der Waals surface area contributed by atoms with Crippen LogP contribution in [0.3, 0.4) is 0 Å². The van der Waals surface area contributed by atoms with Crippen LogP contribution in [-0.2, 0) is 0 Å². The number of nitrogens with zero attached hydrogens (tertiary/aromatic N) is 1. The Balaban J connectivity index is 1.48. The minimum absolute atomic E-state index is 0.768. The molecule has 206 valence electrons. The third kappa shape index (κ3) is 5.39. The molecule has 1 heteroatoms. The van der Waals surface area contributed by atoms with Gasteiger partial charge in [-0.05, 0) is 101 Å². The fourth-order valence-electron chi connectivity index (χ4n) is 6.13. The summed E-state index contributed by atoms with van der Waals surface area (Å²) >= 11 is 0. The lowest BCUT2D eigenvalue weighted by Crippen LogP contribution is -2.25. The summed E-state index contributed by atoms with van der Waals surface area (Å²) in [5.41, 5.74) is 16.0. The van der Waals surface area contributed by atoms with E-state index in [9.17, 15) is 0 Å². The van der Waals surface area contributed by atoms with Crippen molar-refractivity contribution in [3.63, 3.8) is 0 Å². The van der Waals surface area contributed by atoms with Gasteiger partial charge in [0.05, 0.1) is 0 Å². The van der Waals surface area contributed by atoms with Crippen molar-refractivity contribution in [2.75, 3.05) is 11.4 Å². The van der Waals surface area contributed by atoms with Crippen molar-refractivity contribution in [3.8, 4) is 22.3 Å². The van der Waals surface area contributed by atoms with Crippen molar-refractivity contribution >= 4 is 17.3 Å². The number of allylic oxidation sites excluding steroid dienone is 7. The van der Waals surface area contributed by atoms with Crippen molar-refractivity contribution in [2.45, 2.75) is 26.7 Å². The third-order valence-corrected chi connectivity index (χ3v) is 8.39. The zero-order chi connectivity index (χ0) is 29.1. The van der Waals surface area contributed by atoms with Crippen molar-refractivity contribution in [3.05, 3.63) is 174 Å². The second-order valence-electron chi connectivity index (χ2n) is 11.2. The quantitative estimate of drug-likeness (QED) is 0.242. The first-order valence-corrected chi connectivity index (χ1v) is 14.8. The second-order valence-corrected chi connectivity index (χ2v) is 11.2. The van der Waals surface area contributed by atoms with Gasteiger partial charge in [0.15, 0.2) is 0 Å². The molecule has 0 atom stereocenters. The van der Waals surface area contributed by atoms with E-state index in [2.05, 4.69) is 153 Å². The first-order chi connectivity index (χ1) is 20.5. The molecule has 0 spiro atoms. The summed E-state index contributed by atoms with van der Waals surface area (Å²) in [4.78, 5) is 2.43. The molecular formula is C41H37N. The van der Waals surface area contributed by atoms with Gasteiger partial charge in [0.25, 0.3) is 0 Å². The normalized spacial score (nSPS) is 16.6. The minimum atomic E-state index is 0.768. The Morgan fingerprint density at radius 3 is 2.36 bits per heavy atom. The molecule has 0 saturated heterocycles. The number of hydrogen-bond donors (Lipinski definition) is 0. The highest BCUT2D eigenvalue weighted by Crippen LogP contribution is 2.41. The monoisotopic (exact) mass is 543 g/mol. The highest BCUT2D eigenvalue weighted by Gasteiger charge is 2.23. The molecule has 0 amide bonds. The number of aryl methyl sites for hydroxylation is 2. The number of benzene rings is 4. The Morgan fingerprint density at radius 2 is 1.57 bits per heavy atom. The van der Waals surface area contributed by atoms with Gasteiger partial charge in [0.1, 0.15) is 0 Å². The van der Waals surface area contributed by atoms with Crippen molar-refractivity contribution < 1.29 is 0 Å². The Morgan fingerprint density at radius 1 is 0.762 bits per heavy atom. The lowest BCUT2D eigenvalue weighted by molar-refractivity contribution is 0.925. The van der Waals surface area contributed by atoms with Crippen molar-refractivity contribution in [1.29, 1.82) is 0 Å². The van der Waals surface area contributed by atoms with Gasteiger partial charge in [-0.1, -0.05) is 128 Å². The van der Waals surface area contributed by atoms with E-state index in [0.717, 1.165) is 36.2 Å². The predicted octanol–water partition coefficient (Wildman–Crippen LogP) is 10.9. The molecule has 1 aliphatic heterocycles.